The number of aromatic nitrogens is 1. The zero-order valence-electron chi connectivity index (χ0n) is 7.94. The van der Waals surface area contributed by atoms with Gasteiger partial charge in [0.2, 0.25) is 5.88 Å². The molecule has 0 saturated carbocycles. The minimum atomic E-state index is -4.20. The highest BCUT2D eigenvalue weighted by molar-refractivity contribution is 9.10. The Labute approximate surface area is 93.6 Å². The van der Waals surface area contributed by atoms with Gasteiger partial charge in [0.1, 0.15) is 0 Å². The van der Waals surface area contributed by atoms with E-state index in [0.29, 0.717) is 4.47 Å². The monoisotopic (exact) mass is 283 g/mol. The topological polar surface area (TPSA) is 22.1 Å². The van der Waals surface area contributed by atoms with Crippen LogP contribution in [0, 0.1) is 6.92 Å². The molecule has 1 heterocycles. The molecule has 0 aliphatic heterocycles. The van der Waals surface area contributed by atoms with Crippen molar-refractivity contribution in [2.75, 3.05) is 6.61 Å². The van der Waals surface area contributed by atoms with Crippen LogP contribution >= 0.6 is 15.9 Å². The molecule has 1 aromatic rings. The van der Waals surface area contributed by atoms with Gasteiger partial charge in [0.25, 0.3) is 0 Å². The maximum Gasteiger partial charge on any atom is 0.392 e. The van der Waals surface area contributed by atoms with Gasteiger partial charge in [0.05, 0.1) is 17.5 Å². The number of hydrogen-bond acceptors (Lipinski definition) is 2. The normalized spacial score (nSPS) is 11.5. The van der Waals surface area contributed by atoms with Gasteiger partial charge in [-0.3, -0.25) is 0 Å². The van der Waals surface area contributed by atoms with Crippen molar-refractivity contribution < 1.29 is 17.9 Å². The minimum absolute atomic E-state index is 0.185. The van der Waals surface area contributed by atoms with Crippen LogP contribution in [-0.4, -0.2) is 17.8 Å². The highest BCUT2D eigenvalue weighted by atomic mass is 79.9. The Balaban J connectivity index is 2.51. The van der Waals surface area contributed by atoms with Gasteiger partial charge < -0.3 is 4.74 Å². The molecule has 0 unspecified atom stereocenters. The molecular formula is C9H9BrF3NO. The summed E-state index contributed by atoms with van der Waals surface area (Å²) in [4.78, 5) is 3.86. The zero-order valence-corrected chi connectivity index (χ0v) is 9.52. The lowest BCUT2D eigenvalue weighted by molar-refractivity contribution is -0.139. The average Bonchev–Trinajstić information content (AvgIpc) is 2.07. The number of alkyl halides is 3. The summed E-state index contributed by atoms with van der Waals surface area (Å²) in [6, 6.07) is 1.73. The molecule has 0 bridgehead atoms. The maximum atomic E-state index is 11.8. The molecule has 6 heteroatoms. The van der Waals surface area contributed by atoms with Crippen molar-refractivity contribution in [3.05, 3.63) is 22.3 Å². The molecule has 0 fully saturated rings. The number of rotatable bonds is 3. The number of ether oxygens (including phenoxy) is 1. The Morgan fingerprint density at radius 3 is 2.67 bits per heavy atom. The Hall–Kier alpha value is -0.780. The van der Waals surface area contributed by atoms with Gasteiger partial charge in [0.15, 0.2) is 0 Å². The number of aryl methyl sites for hydroxylation is 1. The highest BCUT2D eigenvalue weighted by Crippen LogP contribution is 2.24. The van der Waals surface area contributed by atoms with Crippen molar-refractivity contribution in [1.82, 2.24) is 4.98 Å². The van der Waals surface area contributed by atoms with E-state index in [-0.39, 0.29) is 5.88 Å². The van der Waals surface area contributed by atoms with Crippen LogP contribution < -0.4 is 4.74 Å². The number of pyridine rings is 1. The summed E-state index contributed by atoms with van der Waals surface area (Å²) in [5, 5.41) is 0. The van der Waals surface area contributed by atoms with Crippen LogP contribution in [0.25, 0.3) is 0 Å². The Morgan fingerprint density at radius 1 is 1.47 bits per heavy atom. The smallest absolute Gasteiger partial charge is 0.392 e. The molecule has 1 rings (SSSR count). The number of halogens is 4. The highest BCUT2D eigenvalue weighted by Gasteiger charge is 2.27. The van der Waals surface area contributed by atoms with Crippen LogP contribution in [0.1, 0.15) is 12.0 Å². The van der Waals surface area contributed by atoms with Gasteiger partial charge in [-0.05, 0) is 34.5 Å². The summed E-state index contributed by atoms with van der Waals surface area (Å²) >= 11 is 3.16. The molecule has 2 nitrogen and oxygen atoms in total. The van der Waals surface area contributed by atoms with E-state index >= 15 is 0 Å². The summed E-state index contributed by atoms with van der Waals surface area (Å²) in [5.41, 5.74) is 0.907. The summed E-state index contributed by atoms with van der Waals surface area (Å²) < 4.78 is 40.9. The second-order valence-electron chi connectivity index (χ2n) is 3.01. The van der Waals surface area contributed by atoms with Gasteiger partial charge >= 0.3 is 6.18 Å². The van der Waals surface area contributed by atoms with Gasteiger partial charge in [0, 0.05) is 6.20 Å². The third-order valence-corrected chi connectivity index (χ3v) is 2.14. The molecule has 0 aliphatic carbocycles. The zero-order chi connectivity index (χ0) is 11.5. The SMILES string of the molecule is Cc1cnc(OCCC(F)(F)F)c(Br)c1. The molecule has 0 radical (unpaired) electrons. The fraction of sp³-hybridized carbons (Fsp3) is 0.444. The molecule has 84 valence electrons. The van der Waals surface area contributed by atoms with Gasteiger partial charge in [-0.15, -0.1) is 0 Å². The first-order valence-electron chi connectivity index (χ1n) is 4.20. The molecule has 1 aromatic heterocycles. The minimum Gasteiger partial charge on any atom is -0.477 e. The lowest BCUT2D eigenvalue weighted by Crippen LogP contribution is -2.13. The van der Waals surface area contributed by atoms with E-state index in [1.54, 1.807) is 6.07 Å². The molecule has 15 heavy (non-hydrogen) atoms. The predicted molar refractivity (Wildman–Crippen MR) is 52.8 cm³/mol. The summed E-state index contributed by atoms with van der Waals surface area (Å²) in [7, 11) is 0. The lowest BCUT2D eigenvalue weighted by atomic mass is 10.3. The first-order chi connectivity index (χ1) is 6.88. The standard InChI is InChI=1S/C9H9BrF3NO/c1-6-4-7(10)8(14-5-6)15-3-2-9(11,12)13/h4-5H,2-3H2,1H3. The van der Waals surface area contributed by atoms with Crippen molar-refractivity contribution in [3.8, 4) is 5.88 Å². The van der Waals surface area contributed by atoms with Crippen LogP contribution in [0.3, 0.4) is 0 Å². The fourth-order valence-electron chi connectivity index (χ4n) is 0.891. The van der Waals surface area contributed by atoms with E-state index in [1.807, 2.05) is 6.92 Å². The van der Waals surface area contributed by atoms with Crippen molar-refractivity contribution in [3.63, 3.8) is 0 Å². The Kier molecular flexibility index (Phi) is 3.96. The molecule has 0 aliphatic rings. The summed E-state index contributed by atoms with van der Waals surface area (Å²) in [6.45, 7) is 1.41. The first-order valence-corrected chi connectivity index (χ1v) is 4.99. The first kappa shape index (κ1) is 12.3. The molecule has 0 aromatic carbocycles. The van der Waals surface area contributed by atoms with E-state index in [9.17, 15) is 13.2 Å². The third kappa shape index (κ3) is 4.51. The quantitative estimate of drug-likeness (QED) is 0.847. The second kappa shape index (κ2) is 4.83. The van der Waals surface area contributed by atoms with E-state index in [4.69, 9.17) is 4.74 Å². The predicted octanol–water partition coefficient (Wildman–Crippen LogP) is 3.48. The second-order valence-corrected chi connectivity index (χ2v) is 3.87. The molecule has 0 atom stereocenters. The molecule has 0 saturated heterocycles. The number of hydrogen-bond donors (Lipinski definition) is 0. The fourth-order valence-corrected chi connectivity index (χ4v) is 1.47. The van der Waals surface area contributed by atoms with Crippen molar-refractivity contribution in [2.24, 2.45) is 0 Å². The third-order valence-electron chi connectivity index (χ3n) is 1.57. The van der Waals surface area contributed by atoms with Crippen LogP contribution in [0.15, 0.2) is 16.7 Å². The van der Waals surface area contributed by atoms with E-state index in [2.05, 4.69) is 20.9 Å². The van der Waals surface area contributed by atoms with Crippen molar-refractivity contribution in [1.29, 1.82) is 0 Å². The molecule has 0 N–H and O–H groups in total. The Bertz CT molecular complexity index is 341. The van der Waals surface area contributed by atoms with Crippen LogP contribution in [0.5, 0.6) is 5.88 Å². The van der Waals surface area contributed by atoms with Crippen LogP contribution in [0.2, 0.25) is 0 Å². The largest absolute Gasteiger partial charge is 0.477 e. The average molecular weight is 284 g/mol. The van der Waals surface area contributed by atoms with E-state index < -0.39 is 19.2 Å². The van der Waals surface area contributed by atoms with Crippen LogP contribution in [-0.2, 0) is 0 Å². The molecular weight excluding hydrogens is 275 g/mol. The van der Waals surface area contributed by atoms with Crippen molar-refractivity contribution in [2.45, 2.75) is 19.5 Å². The van der Waals surface area contributed by atoms with Crippen molar-refractivity contribution >= 4 is 15.9 Å². The van der Waals surface area contributed by atoms with Gasteiger partial charge in [-0.25, -0.2) is 4.98 Å². The Morgan fingerprint density at radius 2 is 2.13 bits per heavy atom. The van der Waals surface area contributed by atoms with Crippen LogP contribution in [0.4, 0.5) is 13.2 Å². The van der Waals surface area contributed by atoms with E-state index in [0.717, 1.165) is 5.56 Å². The van der Waals surface area contributed by atoms with Gasteiger partial charge in [-0.2, -0.15) is 13.2 Å². The van der Waals surface area contributed by atoms with E-state index in [1.165, 1.54) is 6.20 Å². The summed E-state index contributed by atoms with van der Waals surface area (Å²) in [5.74, 6) is 0.185. The molecule has 0 amide bonds. The number of nitrogens with zero attached hydrogens (tertiary/aromatic N) is 1. The van der Waals surface area contributed by atoms with Gasteiger partial charge in [-0.1, -0.05) is 0 Å². The summed E-state index contributed by atoms with van der Waals surface area (Å²) in [6.07, 6.45) is -3.64. The lowest BCUT2D eigenvalue weighted by Gasteiger charge is -2.09. The maximum absolute atomic E-state index is 11.8. The molecule has 0 spiro atoms.